The van der Waals surface area contributed by atoms with E-state index in [1.165, 1.54) is 18.4 Å². The maximum absolute atomic E-state index is 9.91. The second kappa shape index (κ2) is 7.10. The summed E-state index contributed by atoms with van der Waals surface area (Å²) in [6.07, 6.45) is 2.26. The van der Waals surface area contributed by atoms with Crippen LogP contribution in [0.15, 0.2) is 24.3 Å². The summed E-state index contributed by atoms with van der Waals surface area (Å²) in [7, 11) is 0. The standard InChI is InChI=1S/C14H21ClN2O/c15-13-5-3-12(4-6-13)9-16-10-14(18)11-17-7-1-2-8-17/h3-6,14,16,18H,1-2,7-11H2. The van der Waals surface area contributed by atoms with Crippen molar-refractivity contribution in [2.45, 2.75) is 25.5 Å². The molecule has 100 valence electrons. The van der Waals surface area contributed by atoms with E-state index in [1.54, 1.807) is 0 Å². The highest BCUT2D eigenvalue weighted by molar-refractivity contribution is 6.30. The number of halogens is 1. The number of aliphatic hydroxyl groups excluding tert-OH is 1. The van der Waals surface area contributed by atoms with Gasteiger partial charge in [0.05, 0.1) is 6.10 Å². The van der Waals surface area contributed by atoms with Crippen molar-refractivity contribution in [3.63, 3.8) is 0 Å². The lowest BCUT2D eigenvalue weighted by Crippen LogP contribution is -2.36. The number of hydrogen-bond acceptors (Lipinski definition) is 3. The molecule has 2 rings (SSSR count). The maximum atomic E-state index is 9.91. The highest BCUT2D eigenvalue weighted by Gasteiger charge is 2.15. The van der Waals surface area contributed by atoms with Gasteiger partial charge in [0.15, 0.2) is 0 Å². The summed E-state index contributed by atoms with van der Waals surface area (Å²) in [6, 6.07) is 7.78. The van der Waals surface area contributed by atoms with E-state index in [1.807, 2.05) is 24.3 Å². The Bertz CT molecular complexity index is 349. The van der Waals surface area contributed by atoms with Crippen molar-refractivity contribution in [1.29, 1.82) is 0 Å². The first-order valence-corrected chi connectivity index (χ1v) is 6.97. The summed E-state index contributed by atoms with van der Waals surface area (Å²) < 4.78 is 0. The summed E-state index contributed by atoms with van der Waals surface area (Å²) in [5.41, 5.74) is 1.19. The summed E-state index contributed by atoms with van der Waals surface area (Å²) in [5, 5.41) is 13.9. The zero-order valence-corrected chi connectivity index (χ0v) is 11.4. The summed E-state index contributed by atoms with van der Waals surface area (Å²) in [5.74, 6) is 0. The van der Waals surface area contributed by atoms with Crippen LogP contribution < -0.4 is 5.32 Å². The van der Waals surface area contributed by atoms with E-state index in [0.717, 1.165) is 31.2 Å². The van der Waals surface area contributed by atoms with E-state index in [2.05, 4.69) is 10.2 Å². The molecule has 1 atom stereocenters. The van der Waals surface area contributed by atoms with Crippen molar-refractivity contribution in [2.75, 3.05) is 26.2 Å². The van der Waals surface area contributed by atoms with Gasteiger partial charge in [-0.2, -0.15) is 0 Å². The molecule has 2 N–H and O–H groups in total. The SMILES string of the molecule is OC(CNCc1ccc(Cl)cc1)CN1CCCC1. The molecule has 1 unspecified atom stereocenters. The highest BCUT2D eigenvalue weighted by Crippen LogP contribution is 2.09. The van der Waals surface area contributed by atoms with E-state index >= 15 is 0 Å². The molecular formula is C14H21ClN2O. The number of nitrogens with zero attached hydrogens (tertiary/aromatic N) is 1. The molecule has 3 nitrogen and oxygen atoms in total. The molecule has 4 heteroatoms. The van der Waals surface area contributed by atoms with Crippen molar-refractivity contribution in [3.8, 4) is 0 Å². The zero-order valence-electron chi connectivity index (χ0n) is 10.6. The first kappa shape index (κ1) is 13.8. The largest absolute Gasteiger partial charge is 0.390 e. The van der Waals surface area contributed by atoms with Crippen LogP contribution in [-0.4, -0.2) is 42.3 Å². The Morgan fingerprint density at radius 1 is 1.22 bits per heavy atom. The Morgan fingerprint density at radius 3 is 2.56 bits per heavy atom. The third kappa shape index (κ3) is 4.58. The molecule has 0 amide bonds. The summed E-state index contributed by atoms with van der Waals surface area (Å²) >= 11 is 5.83. The van der Waals surface area contributed by atoms with Crippen LogP contribution in [0.4, 0.5) is 0 Å². The van der Waals surface area contributed by atoms with Gasteiger partial charge in [-0.05, 0) is 43.6 Å². The predicted molar refractivity (Wildman–Crippen MR) is 74.8 cm³/mol. The third-order valence-electron chi connectivity index (χ3n) is 3.29. The first-order chi connectivity index (χ1) is 8.74. The summed E-state index contributed by atoms with van der Waals surface area (Å²) in [6.45, 7) is 4.46. The number of aliphatic hydroxyl groups is 1. The lowest BCUT2D eigenvalue weighted by molar-refractivity contribution is 0.123. The smallest absolute Gasteiger partial charge is 0.0791 e. The van der Waals surface area contributed by atoms with Crippen LogP contribution in [-0.2, 0) is 6.54 Å². The van der Waals surface area contributed by atoms with Gasteiger partial charge in [-0.1, -0.05) is 23.7 Å². The fourth-order valence-electron chi connectivity index (χ4n) is 2.31. The van der Waals surface area contributed by atoms with Crippen LogP contribution >= 0.6 is 11.6 Å². The van der Waals surface area contributed by atoms with Gasteiger partial charge in [0.1, 0.15) is 0 Å². The Kier molecular flexibility index (Phi) is 5.45. The lowest BCUT2D eigenvalue weighted by Gasteiger charge is -2.19. The van der Waals surface area contributed by atoms with Gasteiger partial charge in [-0.3, -0.25) is 0 Å². The van der Waals surface area contributed by atoms with Crippen LogP contribution in [0.5, 0.6) is 0 Å². The Labute approximate surface area is 114 Å². The number of hydrogen-bond donors (Lipinski definition) is 2. The molecule has 1 aromatic carbocycles. The Balaban J connectivity index is 1.63. The van der Waals surface area contributed by atoms with Gasteiger partial charge in [0.2, 0.25) is 0 Å². The molecule has 0 spiro atoms. The average Bonchev–Trinajstić information content (AvgIpc) is 2.84. The first-order valence-electron chi connectivity index (χ1n) is 6.59. The van der Waals surface area contributed by atoms with E-state index in [4.69, 9.17) is 11.6 Å². The number of benzene rings is 1. The van der Waals surface area contributed by atoms with Gasteiger partial charge < -0.3 is 15.3 Å². The fraction of sp³-hybridized carbons (Fsp3) is 0.571. The molecule has 0 aromatic heterocycles. The van der Waals surface area contributed by atoms with E-state index < -0.39 is 0 Å². The van der Waals surface area contributed by atoms with Gasteiger partial charge in [-0.15, -0.1) is 0 Å². The predicted octanol–water partition coefficient (Wildman–Crippen LogP) is 1.89. The topological polar surface area (TPSA) is 35.5 Å². The molecule has 1 saturated heterocycles. The van der Waals surface area contributed by atoms with E-state index in [9.17, 15) is 5.11 Å². The van der Waals surface area contributed by atoms with Gasteiger partial charge >= 0.3 is 0 Å². The van der Waals surface area contributed by atoms with Crippen molar-refractivity contribution in [1.82, 2.24) is 10.2 Å². The van der Waals surface area contributed by atoms with Crippen LogP contribution in [0, 0.1) is 0 Å². The van der Waals surface area contributed by atoms with Crippen LogP contribution in [0.25, 0.3) is 0 Å². The molecule has 0 bridgehead atoms. The third-order valence-corrected chi connectivity index (χ3v) is 3.54. The Morgan fingerprint density at radius 2 is 1.89 bits per heavy atom. The normalized spacial score (nSPS) is 18.1. The van der Waals surface area contributed by atoms with Crippen molar-refractivity contribution in [3.05, 3.63) is 34.9 Å². The van der Waals surface area contributed by atoms with Gasteiger partial charge in [0.25, 0.3) is 0 Å². The van der Waals surface area contributed by atoms with Gasteiger partial charge in [0, 0.05) is 24.7 Å². The quantitative estimate of drug-likeness (QED) is 0.827. The highest BCUT2D eigenvalue weighted by atomic mass is 35.5. The molecule has 1 aliphatic heterocycles. The maximum Gasteiger partial charge on any atom is 0.0791 e. The second-order valence-electron chi connectivity index (χ2n) is 4.92. The van der Waals surface area contributed by atoms with E-state index in [0.29, 0.717) is 6.54 Å². The zero-order chi connectivity index (χ0) is 12.8. The monoisotopic (exact) mass is 268 g/mol. The van der Waals surface area contributed by atoms with Crippen molar-refractivity contribution < 1.29 is 5.11 Å². The number of nitrogens with one attached hydrogen (secondary N) is 1. The molecule has 1 aliphatic rings. The minimum atomic E-state index is -0.282. The minimum Gasteiger partial charge on any atom is -0.390 e. The molecule has 0 aliphatic carbocycles. The van der Waals surface area contributed by atoms with Crippen LogP contribution in [0.2, 0.25) is 5.02 Å². The number of likely N-dealkylation sites (tertiary alicyclic amines) is 1. The number of rotatable bonds is 6. The molecule has 0 radical (unpaired) electrons. The van der Waals surface area contributed by atoms with Crippen molar-refractivity contribution >= 4 is 11.6 Å². The molecule has 1 heterocycles. The number of β-amino-alcohol motifs (C(OH)–C–C–N with tert-alkyl or cyclic N) is 1. The average molecular weight is 269 g/mol. The molecule has 0 saturated carbocycles. The summed E-state index contributed by atoms with van der Waals surface area (Å²) in [4.78, 5) is 2.33. The van der Waals surface area contributed by atoms with Crippen molar-refractivity contribution in [2.24, 2.45) is 0 Å². The molecule has 18 heavy (non-hydrogen) atoms. The molecule has 1 fully saturated rings. The minimum absolute atomic E-state index is 0.282. The van der Waals surface area contributed by atoms with Crippen LogP contribution in [0.3, 0.4) is 0 Å². The fourth-order valence-corrected chi connectivity index (χ4v) is 2.44. The Hall–Kier alpha value is -0.610. The second-order valence-corrected chi connectivity index (χ2v) is 5.36. The lowest BCUT2D eigenvalue weighted by atomic mass is 10.2. The van der Waals surface area contributed by atoms with Crippen LogP contribution in [0.1, 0.15) is 18.4 Å². The molecular weight excluding hydrogens is 248 g/mol. The van der Waals surface area contributed by atoms with Gasteiger partial charge in [-0.25, -0.2) is 0 Å². The molecule has 1 aromatic rings. The van der Waals surface area contributed by atoms with E-state index in [-0.39, 0.29) is 6.10 Å².